The number of hydrazone groups is 1. The van der Waals surface area contributed by atoms with Crippen LogP contribution in [0.4, 0.5) is 11.4 Å². The van der Waals surface area contributed by atoms with Gasteiger partial charge in [-0.1, -0.05) is 28.1 Å². The van der Waals surface area contributed by atoms with Crippen molar-refractivity contribution in [3.05, 3.63) is 57.6 Å². The zero-order chi connectivity index (χ0) is 21.8. The summed E-state index contributed by atoms with van der Waals surface area (Å²) in [6, 6.07) is 11.2. The van der Waals surface area contributed by atoms with Crippen molar-refractivity contribution in [1.82, 2.24) is 5.32 Å². The molecule has 1 aliphatic heterocycles. The van der Waals surface area contributed by atoms with Gasteiger partial charge in [-0.15, -0.1) is 0 Å². The predicted octanol–water partition coefficient (Wildman–Crippen LogP) is 3.61. The molecule has 0 radical (unpaired) electrons. The predicted molar refractivity (Wildman–Crippen MR) is 121 cm³/mol. The highest BCUT2D eigenvalue weighted by molar-refractivity contribution is 9.10. The van der Waals surface area contributed by atoms with Crippen molar-refractivity contribution in [2.24, 2.45) is 5.10 Å². The minimum atomic E-state index is -0.458. The summed E-state index contributed by atoms with van der Waals surface area (Å²) in [5.41, 5.74) is 4.36. The lowest BCUT2D eigenvalue weighted by atomic mass is 10.1. The second kappa shape index (κ2) is 9.21. The van der Waals surface area contributed by atoms with Gasteiger partial charge in [0.1, 0.15) is 5.71 Å². The zero-order valence-corrected chi connectivity index (χ0v) is 18.7. The van der Waals surface area contributed by atoms with Crippen molar-refractivity contribution in [1.29, 1.82) is 0 Å². The van der Waals surface area contributed by atoms with E-state index in [2.05, 4.69) is 31.7 Å². The Bertz CT molecular complexity index is 1050. The van der Waals surface area contributed by atoms with Crippen LogP contribution in [0.25, 0.3) is 0 Å². The minimum Gasteiger partial charge on any atom is -0.342 e. The van der Waals surface area contributed by atoms with E-state index in [0.717, 1.165) is 21.2 Å². The molecule has 0 aromatic heterocycles. The molecule has 0 spiro atoms. The third-order valence-corrected chi connectivity index (χ3v) is 5.25. The molecule has 2 N–H and O–H groups in total. The van der Waals surface area contributed by atoms with Gasteiger partial charge < -0.3 is 10.6 Å². The Kier molecular flexibility index (Phi) is 6.66. The second-order valence-electron chi connectivity index (χ2n) is 7.23. The molecule has 0 saturated heterocycles. The summed E-state index contributed by atoms with van der Waals surface area (Å²) in [5.74, 6) is -0.961. The molecule has 8 heteroatoms. The van der Waals surface area contributed by atoms with Gasteiger partial charge in [0.25, 0.3) is 5.91 Å². The monoisotopic (exact) mass is 470 g/mol. The summed E-state index contributed by atoms with van der Waals surface area (Å²) in [6.07, 6.45) is 0.420. The number of halogens is 1. The molecular weight excluding hydrogens is 448 g/mol. The van der Waals surface area contributed by atoms with Crippen LogP contribution in [0, 0.1) is 20.8 Å². The molecule has 0 saturated carbocycles. The molecule has 0 atom stereocenters. The normalized spacial score (nSPS) is 13.7. The van der Waals surface area contributed by atoms with E-state index >= 15 is 0 Å². The SMILES string of the molecule is Cc1ccc(C)c(N2N=C(C(=O)NCC(=O)Nc3ccc(Br)cc3C)CCC2=O)c1. The summed E-state index contributed by atoms with van der Waals surface area (Å²) in [6.45, 7) is 5.51. The maximum absolute atomic E-state index is 12.5. The number of rotatable bonds is 5. The Labute approximate surface area is 183 Å². The molecule has 7 nitrogen and oxygen atoms in total. The van der Waals surface area contributed by atoms with E-state index in [9.17, 15) is 14.4 Å². The Morgan fingerprint density at radius 1 is 1.07 bits per heavy atom. The zero-order valence-electron chi connectivity index (χ0n) is 17.1. The van der Waals surface area contributed by atoms with Gasteiger partial charge >= 0.3 is 0 Å². The van der Waals surface area contributed by atoms with Crippen LogP contribution in [0.1, 0.15) is 29.5 Å². The molecule has 0 bridgehead atoms. The van der Waals surface area contributed by atoms with Crippen LogP contribution in [0.2, 0.25) is 0 Å². The van der Waals surface area contributed by atoms with E-state index in [-0.39, 0.29) is 36.9 Å². The Balaban J connectivity index is 1.66. The number of benzene rings is 2. The van der Waals surface area contributed by atoms with Gasteiger partial charge in [0, 0.05) is 23.0 Å². The average molecular weight is 471 g/mol. The first-order valence-electron chi connectivity index (χ1n) is 9.56. The van der Waals surface area contributed by atoms with Crippen molar-refractivity contribution in [2.45, 2.75) is 33.6 Å². The first kappa shape index (κ1) is 21.7. The number of carbonyl (C=O) groups excluding carboxylic acids is 3. The number of carbonyl (C=O) groups is 3. The highest BCUT2D eigenvalue weighted by Crippen LogP contribution is 2.25. The lowest BCUT2D eigenvalue weighted by Crippen LogP contribution is -2.41. The Hall–Kier alpha value is -3.00. The molecule has 1 heterocycles. The fraction of sp³-hybridized carbons (Fsp3) is 0.273. The molecule has 0 unspecified atom stereocenters. The van der Waals surface area contributed by atoms with Crippen molar-refractivity contribution >= 4 is 50.7 Å². The van der Waals surface area contributed by atoms with Crippen molar-refractivity contribution < 1.29 is 14.4 Å². The number of nitrogens with one attached hydrogen (secondary N) is 2. The van der Waals surface area contributed by atoms with Gasteiger partial charge in [0.2, 0.25) is 11.8 Å². The molecule has 3 rings (SSSR count). The highest BCUT2D eigenvalue weighted by Gasteiger charge is 2.26. The number of nitrogens with zero attached hydrogens (tertiary/aromatic N) is 2. The van der Waals surface area contributed by atoms with E-state index in [4.69, 9.17) is 0 Å². The number of amides is 3. The smallest absolute Gasteiger partial charge is 0.267 e. The standard InChI is InChI=1S/C22H23BrN4O3/c1-13-4-5-14(2)19(10-13)27-21(29)9-8-18(26-27)22(30)24-12-20(28)25-17-7-6-16(23)11-15(17)3/h4-7,10-11H,8-9,12H2,1-3H3,(H,24,30)(H,25,28). The summed E-state index contributed by atoms with van der Waals surface area (Å²) >= 11 is 3.38. The van der Waals surface area contributed by atoms with Crippen LogP contribution in [0.3, 0.4) is 0 Å². The van der Waals surface area contributed by atoms with E-state index in [1.165, 1.54) is 5.01 Å². The van der Waals surface area contributed by atoms with Gasteiger partial charge in [-0.25, -0.2) is 5.01 Å². The molecular formula is C22H23BrN4O3. The fourth-order valence-electron chi connectivity index (χ4n) is 3.08. The Morgan fingerprint density at radius 3 is 2.57 bits per heavy atom. The maximum Gasteiger partial charge on any atom is 0.267 e. The summed E-state index contributed by atoms with van der Waals surface area (Å²) in [7, 11) is 0. The largest absolute Gasteiger partial charge is 0.342 e. The Morgan fingerprint density at radius 2 is 1.83 bits per heavy atom. The average Bonchev–Trinajstić information content (AvgIpc) is 2.70. The quantitative estimate of drug-likeness (QED) is 0.698. The van der Waals surface area contributed by atoms with Crippen LogP contribution >= 0.6 is 15.9 Å². The van der Waals surface area contributed by atoms with Crippen LogP contribution < -0.4 is 15.6 Å². The van der Waals surface area contributed by atoms with Crippen molar-refractivity contribution in [3.63, 3.8) is 0 Å². The minimum absolute atomic E-state index is 0.163. The molecule has 0 fully saturated rings. The van der Waals surface area contributed by atoms with E-state index in [0.29, 0.717) is 11.4 Å². The molecule has 2 aromatic rings. The maximum atomic E-state index is 12.5. The molecule has 2 aromatic carbocycles. The van der Waals surface area contributed by atoms with Gasteiger partial charge in [0.15, 0.2) is 0 Å². The first-order chi connectivity index (χ1) is 14.2. The van der Waals surface area contributed by atoms with Crippen LogP contribution in [-0.4, -0.2) is 30.0 Å². The number of aryl methyl sites for hydroxylation is 3. The van der Waals surface area contributed by atoms with Crippen molar-refractivity contribution in [3.8, 4) is 0 Å². The third-order valence-electron chi connectivity index (χ3n) is 4.76. The second-order valence-corrected chi connectivity index (χ2v) is 8.15. The molecule has 156 valence electrons. The van der Waals surface area contributed by atoms with E-state index < -0.39 is 5.91 Å². The van der Waals surface area contributed by atoms with Gasteiger partial charge in [-0.3, -0.25) is 14.4 Å². The summed E-state index contributed by atoms with van der Waals surface area (Å²) < 4.78 is 0.921. The van der Waals surface area contributed by atoms with Crippen LogP contribution in [0.5, 0.6) is 0 Å². The molecule has 30 heavy (non-hydrogen) atoms. The lowest BCUT2D eigenvalue weighted by Gasteiger charge is -2.24. The topological polar surface area (TPSA) is 90.9 Å². The summed E-state index contributed by atoms with van der Waals surface area (Å²) in [4.78, 5) is 37.1. The van der Waals surface area contributed by atoms with E-state index in [1.807, 2.05) is 51.1 Å². The highest BCUT2D eigenvalue weighted by atomic mass is 79.9. The molecule has 3 amide bonds. The first-order valence-corrected chi connectivity index (χ1v) is 10.4. The number of anilines is 2. The van der Waals surface area contributed by atoms with Crippen molar-refractivity contribution in [2.75, 3.05) is 16.9 Å². The van der Waals surface area contributed by atoms with Gasteiger partial charge in [0.05, 0.1) is 12.2 Å². The van der Waals surface area contributed by atoms with E-state index in [1.54, 1.807) is 6.07 Å². The lowest BCUT2D eigenvalue weighted by molar-refractivity contribution is -0.120. The number of hydrogen-bond acceptors (Lipinski definition) is 4. The summed E-state index contributed by atoms with van der Waals surface area (Å²) in [5, 5.41) is 10.9. The molecule has 1 aliphatic rings. The fourth-order valence-corrected chi connectivity index (χ4v) is 3.55. The van der Waals surface area contributed by atoms with Gasteiger partial charge in [-0.2, -0.15) is 5.10 Å². The number of hydrogen-bond donors (Lipinski definition) is 2. The molecule has 0 aliphatic carbocycles. The third kappa shape index (κ3) is 5.13. The van der Waals surface area contributed by atoms with Crippen LogP contribution in [-0.2, 0) is 14.4 Å². The van der Waals surface area contributed by atoms with Crippen LogP contribution in [0.15, 0.2) is 46.0 Å². The van der Waals surface area contributed by atoms with Gasteiger partial charge in [-0.05, 0) is 61.7 Å².